The Bertz CT molecular complexity index is 461. The van der Waals surface area contributed by atoms with Crippen LogP contribution in [0.4, 0.5) is 0 Å². The average molecular weight is 289 g/mol. The number of benzene rings is 1. The summed E-state index contributed by atoms with van der Waals surface area (Å²) >= 11 is 11.5. The number of halogens is 2. The second kappa shape index (κ2) is 6.61. The van der Waals surface area contributed by atoms with Crippen LogP contribution in [0.2, 0.25) is 10.0 Å². The highest BCUT2D eigenvalue weighted by atomic mass is 35.5. The predicted octanol–water partition coefficient (Wildman–Crippen LogP) is 2.25. The van der Waals surface area contributed by atoms with Gasteiger partial charge >= 0.3 is 0 Å². The van der Waals surface area contributed by atoms with Crippen LogP contribution < -0.4 is 10.6 Å². The molecule has 0 spiro atoms. The van der Waals surface area contributed by atoms with Gasteiger partial charge in [0.2, 0.25) is 5.91 Å². The smallest absolute Gasteiger partial charge is 0.251 e. The molecule has 2 N–H and O–H groups in total. The van der Waals surface area contributed by atoms with Crippen molar-refractivity contribution in [3.05, 3.63) is 33.8 Å². The van der Waals surface area contributed by atoms with Crippen molar-refractivity contribution in [2.24, 2.45) is 0 Å². The second-order valence-corrected chi connectivity index (χ2v) is 4.85. The summed E-state index contributed by atoms with van der Waals surface area (Å²) in [7, 11) is 0. The van der Waals surface area contributed by atoms with Crippen LogP contribution in [-0.2, 0) is 4.79 Å². The fourth-order valence-corrected chi connectivity index (χ4v) is 1.57. The maximum Gasteiger partial charge on any atom is 0.251 e. The number of hydrogen-bond donors (Lipinski definition) is 2. The molecule has 0 aromatic heterocycles. The number of amides is 2. The van der Waals surface area contributed by atoms with Crippen molar-refractivity contribution < 1.29 is 9.59 Å². The molecule has 0 aliphatic carbocycles. The standard InChI is InChI=1S/C12H14Cl2N2O2/c1-7(2)16-11(17)6-15-12(18)8-3-4-9(13)10(14)5-8/h3-5,7H,6H2,1-2H3,(H,15,18)(H,16,17). The van der Waals surface area contributed by atoms with Crippen LogP contribution >= 0.6 is 23.2 Å². The number of hydrogen-bond acceptors (Lipinski definition) is 2. The monoisotopic (exact) mass is 288 g/mol. The van der Waals surface area contributed by atoms with E-state index in [0.29, 0.717) is 15.6 Å². The minimum atomic E-state index is -0.368. The molecule has 4 nitrogen and oxygen atoms in total. The normalized spacial score (nSPS) is 10.3. The highest BCUT2D eigenvalue weighted by molar-refractivity contribution is 6.42. The van der Waals surface area contributed by atoms with E-state index in [1.54, 1.807) is 6.07 Å². The molecule has 0 radical (unpaired) electrons. The molecule has 0 unspecified atom stereocenters. The van der Waals surface area contributed by atoms with Crippen molar-refractivity contribution in [2.45, 2.75) is 19.9 Å². The predicted molar refractivity (Wildman–Crippen MR) is 72.1 cm³/mol. The van der Waals surface area contributed by atoms with Crippen LogP contribution in [0, 0.1) is 0 Å². The fraction of sp³-hybridized carbons (Fsp3) is 0.333. The summed E-state index contributed by atoms with van der Waals surface area (Å²) in [6, 6.07) is 4.58. The lowest BCUT2D eigenvalue weighted by atomic mass is 10.2. The van der Waals surface area contributed by atoms with Gasteiger partial charge in [0.25, 0.3) is 5.91 Å². The molecule has 0 aliphatic rings. The Morgan fingerprint density at radius 3 is 2.44 bits per heavy atom. The van der Waals surface area contributed by atoms with Gasteiger partial charge in [0.15, 0.2) is 0 Å². The molecule has 0 aliphatic heterocycles. The molecule has 0 atom stereocenters. The maximum absolute atomic E-state index is 11.7. The largest absolute Gasteiger partial charge is 0.352 e. The number of carbonyl (C=O) groups is 2. The Morgan fingerprint density at radius 2 is 1.89 bits per heavy atom. The van der Waals surface area contributed by atoms with E-state index in [0.717, 1.165) is 0 Å². The van der Waals surface area contributed by atoms with Crippen molar-refractivity contribution in [2.75, 3.05) is 6.54 Å². The van der Waals surface area contributed by atoms with Crippen molar-refractivity contribution >= 4 is 35.0 Å². The molecule has 98 valence electrons. The van der Waals surface area contributed by atoms with Crippen LogP contribution in [0.1, 0.15) is 24.2 Å². The third kappa shape index (κ3) is 4.55. The Hall–Kier alpha value is -1.26. The van der Waals surface area contributed by atoms with Crippen molar-refractivity contribution in [1.29, 1.82) is 0 Å². The summed E-state index contributed by atoms with van der Waals surface area (Å²) < 4.78 is 0. The average Bonchev–Trinajstić information content (AvgIpc) is 2.28. The Morgan fingerprint density at radius 1 is 1.22 bits per heavy atom. The Balaban J connectivity index is 2.55. The van der Waals surface area contributed by atoms with Crippen LogP contribution in [0.25, 0.3) is 0 Å². The van der Waals surface area contributed by atoms with Crippen LogP contribution in [-0.4, -0.2) is 24.4 Å². The Kier molecular flexibility index (Phi) is 5.44. The van der Waals surface area contributed by atoms with Gasteiger partial charge in [0, 0.05) is 11.6 Å². The zero-order valence-corrected chi connectivity index (χ0v) is 11.6. The number of rotatable bonds is 4. The van der Waals surface area contributed by atoms with Crippen molar-refractivity contribution in [3.8, 4) is 0 Å². The van der Waals surface area contributed by atoms with Gasteiger partial charge in [0.05, 0.1) is 16.6 Å². The zero-order valence-electron chi connectivity index (χ0n) is 10.1. The molecule has 0 fully saturated rings. The minimum absolute atomic E-state index is 0.0411. The molecule has 6 heteroatoms. The molecular formula is C12H14Cl2N2O2. The van der Waals surface area contributed by atoms with Gasteiger partial charge in [-0.1, -0.05) is 23.2 Å². The molecule has 0 heterocycles. The van der Waals surface area contributed by atoms with Crippen LogP contribution in [0.3, 0.4) is 0 Å². The lowest BCUT2D eigenvalue weighted by molar-refractivity contribution is -0.120. The quantitative estimate of drug-likeness (QED) is 0.893. The van der Waals surface area contributed by atoms with E-state index in [1.807, 2.05) is 13.8 Å². The van der Waals surface area contributed by atoms with Crippen LogP contribution in [0.5, 0.6) is 0 Å². The van der Waals surface area contributed by atoms with Gasteiger partial charge < -0.3 is 10.6 Å². The summed E-state index contributed by atoms with van der Waals surface area (Å²) in [5.41, 5.74) is 0.363. The second-order valence-electron chi connectivity index (χ2n) is 4.03. The molecule has 1 aromatic carbocycles. The van der Waals surface area contributed by atoms with Gasteiger partial charge in [-0.05, 0) is 32.0 Å². The summed E-state index contributed by atoms with van der Waals surface area (Å²) in [6.07, 6.45) is 0. The topological polar surface area (TPSA) is 58.2 Å². The van der Waals surface area contributed by atoms with Crippen molar-refractivity contribution in [1.82, 2.24) is 10.6 Å². The maximum atomic E-state index is 11.7. The lowest BCUT2D eigenvalue weighted by Gasteiger charge is -2.09. The first-order valence-corrected chi connectivity index (χ1v) is 6.18. The molecule has 18 heavy (non-hydrogen) atoms. The van der Waals surface area contributed by atoms with Crippen molar-refractivity contribution in [3.63, 3.8) is 0 Å². The third-order valence-corrected chi connectivity index (χ3v) is 2.78. The van der Waals surface area contributed by atoms with Gasteiger partial charge in [0.1, 0.15) is 0 Å². The van der Waals surface area contributed by atoms with Gasteiger partial charge in [-0.3, -0.25) is 9.59 Å². The zero-order chi connectivity index (χ0) is 13.7. The van der Waals surface area contributed by atoms with E-state index in [-0.39, 0.29) is 24.4 Å². The third-order valence-electron chi connectivity index (χ3n) is 2.04. The molecule has 0 bridgehead atoms. The summed E-state index contributed by atoms with van der Waals surface area (Å²) in [6.45, 7) is 3.62. The molecule has 1 rings (SSSR count). The first kappa shape index (κ1) is 14.8. The molecule has 2 amide bonds. The van der Waals surface area contributed by atoms with E-state index in [9.17, 15) is 9.59 Å². The molecule has 0 saturated carbocycles. The summed E-state index contributed by atoms with van der Waals surface area (Å²) in [5, 5.41) is 5.85. The highest BCUT2D eigenvalue weighted by Gasteiger charge is 2.10. The number of nitrogens with one attached hydrogen (secondary N) is 2. The summed E-state index contributed by atoms with van der Waals surface area (Å²) in [5.74, 6) is -0.606. The molecular weight excluding hydrogens is 275 g/mol. The first-order valence-electron chi connectivity index (χ1n) is 5.42. The Labute approximate surface area is 116 Å². The van der Waals surface area contributed by atoms with E-state index >= 15 is 0 Å². The SMILES string of the molecule is CC(C)NC(=O)CNC(=O)c1ccc(Cl)c(Cl)c1. The number of carbonyl (C=O) groups excluding carboxylic acids is 2. The highest BCUT2D eigenvalue weighted by Crippen LogP contribution is 2.22. The fourth-order valence-electron chi connectivity index (χ4n) is 1.27. The van der Waals surface area contributed by atoms with E-state index in [1.165, 1.54) is 12.1 Å². The molecule has 0 saturated heterocycles. The minimum Gasteiger partial charge on any atom is -0.352 e. The van der Waals surface area contributed by atoms with E-state index in [4.69, 9.17) is 23.2 Å². The van der Waals surface area contributed by atoms with E-state index in [2.05, 4.69) is 10.6 Å². The first-order chi connectivity index (χ1) is 8.40. The van der Waals surface area contributed by atoms with E-state index < -0.39 is 0 Å². The molecule has 1 aromatic rings. The lowest BCUT2D eigenvalue weighted by Crippen LogP contribution is -2.39. The van der Waals surface area contributed by atoms with Gasteiger partial charge in [-0.2, -0.15) is 0 Å². The van der Waals surface area contributed by atoms with Gasteiger partial charge in [-0.15, -0.1) is 0 Å². The summed E-state index contributed by atoms with van der Waals surface area (Å²) in [4.78, 5) is 23.0. The van der Waals surface area contributed by atoms with Gasteiger partial charge in [-0.25, -0.2) is 0 Å². The van der Waals surface area contributed by atoms with Crippen LogP contribution in [0.15, 0.2) is 18.2 Å².